The summed E-state index contributed by atoms with van der Waals surface area (Å²) in [4.78, 5) is 11.1. The summed E-state index contributed by atoms with van der Waals surface area (Å²) in [6, 6.07) is 2.16. The fraction of sp³-hybridized carbons (Fsp3) is 0.455. The van der Waals surface area contributed by atoms with E-state index in [1.54, 1.807) is 6.92 Å². The van der Waals surface area contributed by atoms with Crippen molar-refractivity contribution < 1.29 is 9.53 Å². The number of carbonyl (C=O) groups excluding carboxylic acids is 1. The van der Waals surface area contributed by atoms with Crippen molar-refractivity contribution in [3.05, 3.63) is 23.8 Å². The van der Waals surface area contributed by atoms with Crippen molar-refractivity contribution in [3.8, 4) is 6.07 Å². The third kappa shape index (κ3) is 3.06. The summed E-state index contributed by atoms with van der Waals surface area (Å²) in [5, 5.41) is 8.62. The molecular formula is C11H13NO2. The maximum absolute atomic E-state index is 11.1. The Morgan fingerprint density at radius 3 is 3.07 bits per heavy atom. The maximum Gasteiger partial charge on any atom is 0.310 e. The van der Waals surface area contributed by atoms with E-state index in [2.05, 4.69) is 6.07 Å². The van der Waals surface area contributed by atoms with E-state index in [0.717, 1.165) is 5.57 Å². The number of rotatable bonds is 3. The number of nitriles is 1. The van der Waals surface area contributed by atoms with E-state index in [4.69, 9.17) is 10.00 Å². The quantitative estimate of drug-likeness (QED) is 0.641. The zero-order chi connectivity index (χ0) is 10.4. The first-order valence-corrected chi connectivity index (χ1v) is 4.68. The first-order valence-electron chi connectivity index (χ1n) is 4.68. The molecule has 14 heavy (non-hydrogen) atoms. The van der Waals surface area contributed by atoms with Crippen molar-refractivity contribution in [3.63, 3.8) is 0 Å². The van der Waals surface area contributed by atoms with E-state index in [0.29, 0.717) is 19.4 Å². The van der Waals surface area contributed by atoms with Gasteiger partial charge in [-0.1, -0.05) is 18.2 Å². The lowest BCUT2D eigenvalue weighted by Gasteiger charge is -2.09. The predicted octanol–water partition coefficient (Wildman–Crippen LogP) is 1.97. The van der Waals surface area contributed by atoms with Crippen LogP contribution in [0.15, 0.2) is 23.8 Å². The molecule has 0 spiro atoms. The highest BCUT2D eigenvalue weighted by Gasteiger charge is 2.10. The van der Waals surface area contributed by atoms with Gasteiger partial charge in [0.05, 0.1) is 25.0 Å². The standard InChI is InChI=1S/C11H13NO2/c1-2-14-11(13)7-9-3-5-10(8-12)6-4-9/h3-5,10H,2,6-7H2,1H3. The van der Waals surface area contributed by atoms with E-state index in [-0.39, 0.29) is 11.9 Å². The number of carbonyl (C=O) groups is 1. The summed E-state index contributed by atoms with van der Waals surface area (Å²) in [7, 11) is 0. The molecule has 0 heterocycles. The van der Waals surface area contributed by atoms with Gasteiger partial charge in [0.2, 0.25) is 0 Å². The van der Waals surface area contributed by atoms with Crippen LogP contribution in [0, 0.1) is 17.2 Å². The smallest absolute Gasteiger partial charge is 0.310 e. The van der Waals surface area contributed by atoms with Gasteiger partial charge in [0, 0.05) is 0 Å². The van der Waals surface area contributed by atoms with Crippen LogP contribution in [0.25, 0.3) is 0 Å². The van der Waals surface area contributed by atoms with Crippen LogP contribution < -0.4 is 0 Å². The van der Waals surface area contributed by atoms with Crippen LogP contribution in [0.2, 0.25) is 0 Å². The Hall–Kier alpha value is -1.56. The Morgan fingerprint density at radius 2 is 2.57 bits per heavy atom. The summed E-state index contributed by atoms with van der Waals surface area (Å²) >= 11 is 0. The fourth-order valence-corrected chi connectivity index (χ4v) is 1.27. The Morgan fingerprint density at radius 1 is 1.79 bits per heavy atom. The van der Waals surface area contributed by atoms with Crippen molar-refractivity contribution in [2.24, 2.45) is 5.92 Å². The van der Waals surface area contributed by atoms with Gasteiger partial charge in [-0.2, -0.15) is 5.26 Å². The van der Waals surface area contributed by atoms with E-state index in [1.165, 1.54) is 0 Å². The molecule has 0 N–H and O–H groups in total. The molecule has 1 aliphatic rings. The highest BCUT2D eigenvalue weighted by Crippen LogP contribution is 2.17. The molecule has 3 heteroatoms. The van der Waals surface area contributed by atoms with Crippen LogP contribution in [-0.4, -0.2) is 12.6 Å². The molecule has 1 rings (SSSR count). The molecule has 1 atom stereocenters. The number of hydrogen-bond acceptors (Lipinski definition) is 3. The Labute approximate surface area is 83.7 Å². The van der Waals surface area contributed by atoms with E-state index >= 15 is 0 Å². The largest absolute Gasteiger partial charge is 0.466 e. The Kier molecular flexibility index (Phi) is 3.93. The maximum atomic E-state index is 11.1. The molecule has 0 aromatic heterocycles. The molecule has 0 amide bonds. The second kappa shape index (κ2) is 5.23. The zero-order valence-electron chi connectivity index (χ0n) is 8.19. The summed E-state index contributed by atoms with van der Waals surface area (Å²) in [5.41, 5.74) is 0.940. The molecule has 0 fully saturated rings. The number of ether oxygens (including phenoxy) is 1. The molecule has 0 aromatic carbocycles. The molecule has 0 saturated heterocycles. The Bertz CT molecular complexity index is 310. The molecular weight excluding hydrogens is 178 g/mol. The van der Waals surface area contributed by atoms with Gasteiger partial charge in [-0.25, -0.2) is 0 Å². The topological polar surface area (TPSA) is 50.1 Å². The molecule has 1 unspecified atom stereocenters. The number of esters is 1. The van der Waals surface area contributed by atoms with Crippen LogP contribution in [0.5, 0.6) is 0 Å². The third-order valence-corrected chi connectivity index (χ3v) is 2.00. The molecule has 74 valence electrons. The Balaban J connectivity index is 2.43. The average Bonchev–Trinajstić information content (AvgIpc) is 2.19. The highest BCUT2D eigenvalue weighted by molar-refractivity contribution is 5.73. The van der Waals surface area contributed by atoms with Gasteiger partial charge in [0.15, 0.2) is 0 Å². The van der Waals surface area contributed by atoms with Crippen molar-refractivity contribution in [2.75, 3.05) is 6.61 Å². The monoisotopic (exact) mass is 191 g/mol. The van der Waals surface area contributed by atoms with Crippen molar-refractivity contribution in [2.45, 2.75) is 19.8 Å². The third-order valence-electron chi connectivity index (χ3n) is 2.00. The van der Waals surface area contributed by atoms with Gasteiger partial charge in [0.25, 0.3) is 0 Å². The van der Waals surface area contributed by atoms with Gasteiger partial charge in [-0.3, -0.25) is 4.79 Å². The lowest BCUT2D eigenvalue weighted by atomic mass is 9.96. The predicted molar refractivity (Wildman–Crippen MR) is 52.2 cm³/mol. The second-order valence-corrected chi connectivity index (χ2v) is 3.09. The second-order valence-electron chi connectivity index (χ2n) is 3.09. The van der Waals surface area contributed by atoms with Gasteiger partial charge >= 0.3 is 5.97 Å². The molecule has 1 aliphatic carbocycles. The van der Waals surface area contributed by atoms with Gasteiger partial charge in [-0.15, -0.1) is 0 Å². The van der Waals surface area contributed by atoms with E-state index < -0.39 is 0 Å². The number of nitrogens with zero attached hydrogens (tertiary/aromatic N) is 1. The molecule has 0 aromatic rings. The molecule has 0 aliphatic heterocycles. The van der Waals surface area contributed by atoms with Crippen LogP contribution in [-0.2, 0) is 9.53 Å². The number of hydrogen-bond donors (Lipinski definition) is 0. The highest BCUT2D eigenvalue weighted by atomic mass is 16.5. The molecule has 3 nitrogen and oxygen atoms in total. The van der Waals surface area contributed by atoms with E-state index in [9.17, 15) is 4.79 Å². The average molecular weight is 191 g/mol. The molecule has 0 saturated carbocycles. The van der Waals surface area contributed by atoms with Crippen molar-refractivity contribution in [1.29, 1.82) is 5.26 Å². The normalized spacial score (nSPS) is 19.7. The molecule has 0 radical (unpaired) electrons. The minimum absolute atomic E-state index is 0.0408. The lowest BCUT2D eigenvalue weighted by molar-refractivity contribution is -0.142. The first kappa shape index (κ1) is 10.5. The molecule has 0 bridgehead atoms. The van der Waals surface area contributed by atoms with Crippen LogP contribution in [0.3, 0.4) is 0 Å². The minimum atomic E-state index is -0.209. The first-order chi connectivity index (χ1) is 6.76. The zero-order valence-corrected chi connectivity index (χ0v) is 8.19. The summed E-state index contributed by atoms with van der Waals surface area (Å²) in [6.45, 7) is 2.20. The van der Waals surface area contributed by atoms with Crippen molar-refractivity contribution >= 4 is 5.97 Å². The van der Waals surface area contributed by atoms with Crippen LogP contribution in [0.1, 0.15) is 19.8 Å². The van der Waals surface area contributed by atoms with Gasteiger partial charge < -0.3 is 4.74 Å². The summed E-state index contributed by atoms with van der Waals surface area (Å²) in [6.07, 6.45) is 6.58. The fourth-order valence-electron chi connectivity index (χ4n) is 1.27. The number of allylic oxidation sites excluding steroid dienone is 3. The minimum Gasteiger partial charge on any atom is -0.466 e. The summed E-state index contributed by atoms with van der Waals surface area (Å²) in [5.74, 6) is -0.250. The van der Waals surface area contributed by atoms with Gasteiger partial charge in [0.1, 0.15) is 0 Å². The lowest BCUT2D eigenvalue weighted by Crippen LogP contribution is -2.06. The van der Waals surface area contributed by atoms with Gasteiger partial charge in [-0.05, 0) is 18.9 Å². The van der Waals surface area contributed by atoms with Crippen LogP contribution in [0.4, 0.5) is 0 Å². The van der Waals surface area contributed by atoms with Crippen LogP contribution >= 0.6 is 0 Å². The van der Waals surface area contributed by atoms with E-state index in [1.807, 2.05) is 18.2 Å². The SMILES string of the molecule is CCOC(=O)CC1=CCC(C#N)C=C1. The van der Waals surface area contributed by atoms with Crippen molar-refractivity contribution in [1.82, 2.24) is 0 Å². The summed E-state index contributed by atoms with van der Waals surface area (Å²) < 4.78 is 4.82.